The van der Waals surface area contributed by atoms with Crippen molar-refractivity contribution in [3.05, 3.63) is 59.5 Å². The largest absolute Gasteiger partial charge is 0.481 e. The maximum absolute atomic E-state index is 12.2. The summed E-state index contributed by atoms with van der Waals surface area (Å²) in [5.41, 5.74) is 1.31. The first kappa shape index (κ1) is 18.7. The maximum Gasteiger partial charge on any atom is 0.306 e. The van der Waals surface area contributed by atoms with Crippen molar-refractivity contribution in [3.63, 3.8) is 0 Å². The molecule has 1 heterocycles. The summed E-state index contributed by atoms with van der Waals surface area (Å²) in [6, 6.07) is 10.6. The third kappa shape index (κ3) is 4.97. The van der Waals surface area contributed by atoms with Crippen LogP contribution >= 0.6 is 0 Å². The second-order valence-electron chi connectivity index (χ2n) is 6.73. The molecule has 1 fully saturated rings. The number of carboxylic acid groups (broad SMARTS) is 1. The lowest BCUT2D eigenvalue weighted by molar-refractivity contribution is -0.141. The molecule has 0 aliphatic heterocycles. The zero-order valence-electron chi connectivity index (χ0n) is 14.8. The van der Waals surface area contributed by atoms with E-state index in [0.717, 1.165) is 5.56 Å². The number of carbonyl (C=O) groups is 3. The monoisotopic (exact) mass is 370 g/mol. The Morgan fingerprint density at radius 3 is 2.56 bits per heavy atom. The van der Waals surface area contributed by atoms with Gasteiger partial charge in [-0.3, -0.25) is 14.4 Å². The number of nitrogens with one attached hydrogen (secondary N) is 2. The minimum atomic E-state index is -0.835. The van der Waals surface area contributed by atoms with Gasteiger partial charge in [-0.2, -0.15) is 0 Å². The first-order valence-electron chi connectivity index (χ1n) is 8.93. The molecule has 0 bridgehead atoms. The summed E-state index contributed by atoms with van der Waals surface area (Å²) < 4.78 is 5.18. The molecule has 1 aliphatic rings. The first-order valence-corrected chi connectivity index (χ1v) is 8.93. The van der Waals surface area contributed by atoms with Crippen LogP contribution in [0.5, 0.6) is 0 Å². The summed E-state index contributed by atoms with van der Waals surface area (Å²) in [7, 11) is 0. The Labute approximate surface area is 156 Å². The average molecular weight is 370 g/mol. The predicted octanol–water partition coefficient (Wildman–Crippen LogP) is 2.33. The molecule has 7 heteroatoms. The predicted molar refractivity (Wildman–Crippen MR) is 96.6 cm³/mol. The SMILES string of the molecule is O=C(NCc1ccco1)c1cccc(CNC(=O)[C@H]2CC[C@@H](C(=O)O)C2)c1. The van der Waals surface area contributed by atoms with Gasteiger partial charge in [-0.15, -0.1) is 0 Å². The Bertz CT molecular complexity index is 816. The Hall–Kier alpha value is -3.09. The lowest BCUT2D eigenvalue weighted by Crippen LogP contribution is -2.29. The van der Waals surface area contributed by atoms with Crippen molar-refractivity contribution in [2.45, 2.75) is 32.4 Å². The lowest BCUT2D eigenvalue weighted by Gasteiger charge is -2.11. The lowest BCUT2D eigenvalue weighted by atomic mass is 10.0. The molecule has 7 nitrogen and oxygen atoms in total. The number of rotatable bonds is 7. The molecule has 1 aromatic carbocycles. The number of amides is 2. The summed E-state index contributed by atoms with van der Waals surface area (Å²) in [5.74, 6) is -1.21. The van der Waals surface area contributed by atoms with E-state index in [2.05, 4.69) is 10.6 Å². The van der Waals surface area contributed by atoms with Crippen molar-refractivity contribution in [1.29, 1.82) is 0 Å². The molecule has 3 rings (SSSR count). The van der Waals surface area contributed by atoms with E-state index < -0.39 is 11.9 Å². The van der Waals surface area contributed by atoms with Crippen LogP contribution in [-0.2, 0) is 22.7 Å². The summed E-state index contributed by atoms with van der Waals surface area (Å²) in [6.07, 6.45) is 3.07. The van der Waals surface area contributed by atoms with Crippen LogP contribution in [0.1, 0.15) is 40.9 Å². The first-order chi connectivity index (χ1) is 13.0. The third-order valence-corrected chi connectivity index (χ3v) is 4.81. The van der Waals surface area contributed by atoms with E-state index in [9.17, 15) is 14.4 Å². The number of hydrogen-bond donors (Lipinski definition) is 3. The van der Waals surface area contributed by atoms with Crippen LogP contribution in [0.4, 0.5) is 0 Å². The summed E-state index contributed by atoms with van der Waals surface area (Å²) in [6.45, 7) is 0.603. The van der Waals surface area contributed by atoms with E-state index in [1.54, 1.807) is 36.6 Å². The standard InChI is InChI=1S/C20H22N2O5/c23-18(22-12-17-5-2-8-27-17)14-4-1-3-13(9-14)11-21-19(24)15-6-7-16(10-15)20(25)26/h1-5,8-9,15-16H,6-7,10-12H2,(H,21,24)(H,22,23)(H,25,26)/t15-,16+/m0/s1. The Kier molecular flexibility index (Phi) is 5.90. The van der Waals surface area contributed by atoms with Gasteiger partial charge in [0.25, 0.3) is 5.91 Å². The topological polar surface area (TPSA) is 109 Å². The molecular formula is C20H22N2O5. The van der Waals surface area contributed by atoms with Crippen molar-refractivity contribution in [2.24, 2.45) is 11.8 Å². The fourth-order valence-electron chi connectivity index (χ4n) is 3.28. The highest BCUT2D eigenvalue weighted by Crippen LogP contribution is 2.31. The minimum Gasteiger partial charge on any atom is -0.481 e. The molecular weight excluding hydrogens is 348 g/mol. The second-order valence-corrected chi connectivity index (χ2v) is 6.73. The van der Waals surface area contributed by atoms with Crippen molar-refractivity contribution in [2.75, 3.05) is 0 Å². The average Bonchev–Trinajstić information content (AvgIpc) is 3.36. The van der Waals surface area contributed by atoms with Crippen molar-refractivity contribution in [3.8, 4) is 0 Å². The van der Waals surface area contributed by atoms with Gasteiger partial charge in [0.1, 0.15) is 5.76 Å². The van der Waals surface area contributed by atoms with Gasteiger partial charge in [-0.25, -0.2) is 0 Å². The number of furan rings is 1. The van der Waals surface area contributed by atoms with E-state index in [4.69, 9.17) is 9.52 Å². The second kappa shape index (κ2) is 8.53. The van der Waals surface area contributed by atoms with E-state index in [0.29, 0.717) is 43.7 Å². The molecule has 2 amide bonds. The maximum atomic E-state index is 12.2. The third-order valence-electron chi connectivity index (χ3n) is 4.81. The molecule has 2 aromatic rings. The van der Waals surface area contributed by atoms with Crippen molar-refractivity contribution in [1.82, 2.24) is 10.6 Å². The van der Waals surface area contributed by atoms with E-state index >= 15 is 0 Å². The molecule has 0 saturated heterocycles. The van der Waals surface area contributed by atoms with E-state index in [-0.39, 0.29) is 17.7 Å². The molecule has 1 aromatic heterocycles. The molecule has 142 valence electrons. The molecule has 3 N–H and O–H groups in total. The zero-order chi connectivity index (χ0) is 19.2. The van der Waals surface area contributed by atoms with Gasteiger partial charge < -0.3 is 20.2 Å². The number of carbonyl (C=O) groups excluding carboxylic acids is 2. The fourth-order valence-corrected chi connectivity index (χ4v) is 3.28. The van der Waals surface area contributed by atoms with Gasteiger partial charge in [-0.1, -0.05) is 12.1 Å². The number of aliphatic carboxylic acids is 1. The van der Waals surface area contributed by atoms with Crippen LogP contribution in [0.3, 0.4) is 0 Å². The smallest absolute Gasteiger partial charge is 0.306 e. The quantitative estimate of drug-likeness (QED) is 0.693. The van der Waals surface area contributed by atoms with Gasteiger partial charge >= 0.3 is 5.97 Å². The summed E-state index contributed by atoms with van der Waals surface area (Å²) >= 11 is 0. The highest BCUT2D eigenvalue weighted by Gasteiger charge is 2.33. The molecule has 2 atom stereocenters. The molecule has 1 aliphatic carbocycles. The Balaban J connectivity index is 1.50. The van der Waals surface area contributed by atoms with Gasteiger partial charge in [0.2, 0.25) is 5.91 Å². The molecule has 27 heavy (non-hydrogen) atoms. The van der Waals surface area contributed by atoms with E-state index in [1.807, 2.05) is 6.07 Å². The van der Waals surface area contributed by atoms with Gasteiger partial charge in [-0.05, 0) is 49.1 Å². The molecule has 1 saturated carbocycles. The minimum absolute atomic E-state index is 0.133. The van der Waals surface area contributed by atoms with Gasteiger partial charge in [0, 0.05) is 18.0 Å². The van der Waals surface area contributed by atoms with Crippen LogP contribution in [0.2, 0.25) is 0 Å². The Morgan fingerprint density at radius 1 is 1.04 bits per heavy atom. The van der Waals surface area contributed by atoms with Gasteiger partial charge in [0.15, 0.2) is 0 Å². The number of hydrogen-bond acceptors (Lipinski definition) is 4. The van der Waals surface area contributed by atoms with Gasteiger partial charge in [0.05, 0.1) is 18.7 Å². The molecule has 0 radical (unpaired) electrons. The Morgan fingerprint density at radius 2 is 1.85 bits per heavy atom. The molecule has 0 spiro atoms. The van der Waals surface area contributed by atoms with Crippen LogP contribution in [0.25, 0.3) is 0 Å². The molecule has 0 unspecified atom stereocenters. The fraction of sp³-hybridized carbons (Fsp3) is 0.350. The highest BCUT2D eigenvalue weighted by molar-refractivity contribution is 5.94. The summed E-state index contributed by atoms with van der Waals surface area (Å²) in [4.78, 5) is 35.5. The van der Waals surface area contributed by atoms with Crippen molar-refractivity contribution >= 4 is 17.8 Å². The van der Waals surface area contributed by atoms with Crippen molar-refractivity contribution < 1.29 is 23.9 Å². The highest BCUT2D eigenvalue weighted by atomic mass is 16.4. The zero-order valence-corrected chi connectivity index (χ0v) is 14.8. The van der Waals surface area contributed by atoms with E-state index in [1.165, 1.54) is 0 Å². The van der Waals surface area contributed by atoms with Crippen LogP contribution in [0.15, 0.2) is 47.1 Å². The van der Waals surface area contributed by atoms with Crippen LogP contribution in [0, 0.1) is 11.8 Å². The van der Waals surface area contributed by atoms with Crippen LogP contribution in [-0.4, -0.2) is 22.9 Å². The summed E-state index contributed by atoms with van der Waals surface area (Å²) in [5, 5.41) is 14.7. The van der Waals surface area contributed by atoms with Crippen LogP contribution < -0.4 is 10.6 Å². The normalized spacial score (nSPS) is 18.8. The number of benzene rings is 1. The number of carboxylic acids is 1.